The number of phenolic OH excluding ortho intramolecular Hbond substituents is 1. The SMILES string of the molecule is Cc1ccc(O)c(C(=O)NCC2(C(=O)O)CCC2)c1. The van der Waals surface area contributed by atoms with Crippen LogP contribution >= 0.6 is 0 Å². The van der Waals surface area contributed by atoms with Crippen LogP contribution in [0.25, 0.3) is 0 Å². The zero-order valence-corrected chi connectivity index (χ0v) is 10.8. The lowest BCUT2D eigenvalue weighted by molar-refractivity contribution is -0.153. The smallest absolute Gasteiger partial charge is 0.311 e. The summed E-state index contributed by atoms with van der Waals surface area (Å²) in [5.41, 5.74) is 0.217. The van der Waals surface area contributed by atoms with Gasteiger partial charge in [0.05, 0.1) is 11.0 Å². The first kappa shape index (κ1) is 13.4. The number of rotatable bonds is 4. The summed E-state index contributed by atoms with van der Waals surface area (Å²) < 4.78 is 0. The number of aromatic hydroxyl groups is 1. The first-order valence-electron chi connectivity index (χ1n) is 6.26. The fourth-order valence-corrected chi connectivity index (χ4v) is 2.25. The number of hydrogen-bond donors (Lipinski definition) is 3. The predicted molar refractivity (Wildman–Crippen MR) is 69.1 cm³/mol. The van der Waals surface area contributed by atoms with E-state index in [0.29, 0.717) is 12.8 Å². The van der Waals surface area contributed by atoms with Crippen molar-refractivity contribution < 1.29 is 19.8 Å². The Bertz CT molecular complexity index is 520. The van der Waals surface area contributed by atoms with Gasteiger partial charge < -0.3 is 15.5 Å². The number of amides is 1. The summed E-state index contributed by atoms with van der Waals surface area (Å²) in [4.78, 5) is 23.1. The van der Waals surface area contributed by atoms with Crippen molar-refractivity contribution in [3.8, 4) is 5.75 Å². The third-order valence-electron chi connectivity index (χ3n) is 3.75. The molecule has 1 saturated carbocycles. The molecule has 0 aromatic heterocycles. The van der Waals surface area contributed by atoms with E-state index in [1.165, 1.54) is 6.07 Å². The standard InChI is InChI=1S/C14H17NO4/c1-9-3-4-11(16)10(7-9)12(17)15-8-14(13(18)19)5-2-6-14/h3-4,7,16H,2,5-6,8H2,1H3,(H,15,17)(H,18,19). The number of carboxylic acids is 1. The molecule has 102 valence electrons. The molecular weight excluding hydrogens is 246 g/mol. The highest BCUT2D eigenvalue weighted by atomic mass is 16.4. The van der Waals surface area contributed by atoms with Gasteiger partial charge in [0.1, 0.15) is 5.75 Å². The Morgan fingerprint density at radius 2 is 2.05 bits per heavy atom. The Balaban J connectivity index is 2.05. The van der Waals surface area contributed by atoms with Crippen molar-refractivity contribution in [1.29, 1.82) is 0 Å². The zero-order chi connectivity index (χ0) is 14.0. The second-order valence-corrected chi connectivity index (χ2v) is 5.14. The van der Waals surface area contributed by atoms with Crippen LogP contribution in [0.4, 0.5) is 0 Å². The van der Waals surface area contributed by atoms with Crippen molar-refractivity contribution in [2.75, 3.05) is 6.54 Å². The molecule has 1 amide bonds. The quantitative estimate of drug-likeness (QED) is 0.771. The highest BCUT2D eigenvalue weighted by Crippen LogP contribution is 2.40. The van der Waals surface area contributed by atoms with E-state index in [2.05, 4.69) is 5.32 Å². The Morgan fingerprint density at radius 1 is 1.37 bits per heavy atom. The Kier molecular flexibility index (Phi) is 3.46. The Hall–Kier alpha value is -2.04. The summed E-state index contributed by atoms with van der Waals surface area (Å²) in [6.45, 7) is 1.93. The topological polar surface area (TPSA) is 86.6 Å². The fourth-order valence-electron chi connectivity index (χ4n) is 2.25. The van der Waals surface area contributed by atoms with Gasteiger partial charge in [0.15, 0.2) is 0 Å². The minimum absolute atomic E-state index is 0.0962. The molecule has 0 bridgehead atoms. The first-order valence-corrected chi connectivity index (χ1v) is 6.26. The molecule has 5 nitrogen and oxygen atoms in total. The van der Waals surface area contributed by atoms with Crippen LogP contribution in [0.1, 0.15) is 35.2 Å². The van der Waals surface area contributed by atoms with E-state index in [9.17, 15) is 14.7 Å². The molecule has 1 aliphatic carbocycles. The zero-order valence-electron chi connectivity index (χ0n) is 10.8. The van der Waals surface area contributed by atoms with Crippen molar-refractivity contribution in [2.24, 2.45) is 5.41 Å². The molecule has 3 N–H and O–H groups in total. The Morgan fingerprint density at radius 3 is 2.58 bits per heavy atom. The number of carbonyl (C=O) groups is 2. The molecule has 1 fully saturated rings. The number of nitrogens with one attached hydrogen (secondary N) is 1. The van der Waals surface area contributed by atoms with Crippen LogP contribution in [0.3, 0.4) is 0 Å². The summed E-state index contributed by atoms with van der Waals surface area (Å²) in [6, 6.07) is 4.75. The average molecular weight is 263 g/mol. The summed E-state index contributed by atoms with van der Waals surface area (Å²) in [5.74, 6) is -1.40. The number of carboxylic acid groups (broad SMARTS) is 1. The van der Waals surface area contributed by atoms with Crippen molar-refractivity contribution in [2.45, 2.75) is 26.2 Å². The van der Waals surface area contributed by atoms with E-state index >= 15 is 0 Å². The summed E-state index contributed by atoms with van der Waals surface area (Å²) >= 11 is 0. The molecule has 0 spiro atoms. The molecule has 0 aliphatic heterocycles. The van der Waals surface area contributed by atoms with E-state index < -0.39 is 17.3 Å². The van der Waals surface area contributed by atoms with Crippen LogP contribution in [0.5, 0.6) is 5.75 Å². The number of phenols is 1. The van der Waals surface area contributed by atoms with E-state index in [1.807, 2.05) is 6.92 Å². The molecular formula is C14H17NO4. The lowest BCUT2D eigenvalue weighted by Gasteiger charge is -2.37. The molecule has 5 heteroatoms. The minimum Gasteiger partial charge on any atom is -0.507 e. The van der Waals surface area contributed by atoms with Gasteiger partial charge in [-0.1, -0.05) is 18.1 Å². The molecule has 1 aromatic rings. The van der Waals surface area contributed by atoms with Crippen LogP contribution in [0, 0.1) is 12.3 Å². The van der Waals surface area contributed by atoms with Crippen molar-refractivity contribution >= 4 is 11.9 Å². The largest absolute Gasteiger partial charge is 0.507 e. The summed E-state index contributed by atoms with van der Waals surface area (Å²) in [6.07, 6.45) is 2.04. The van der Waals surface area contributed by atoms with E-state index in [4.69, 9.17) is 5.11 Å². The molecule has 0 atom stereocenters. The van der Waals surface area contributed by atoms with Gasteiger partial charge in [0.25, 0.3) is 5.91 Å². The van der Waals surface area contributed by atoms with Crippen molar-refractivity contribution in [3.63, 3.8) is 0 Å². The molecule has 0 unspecified atom stereocenters. The molecule has 0 heterocycles. The minimum atomic E-state index is -0.868. The molecule has 19 heavy (non-hydrogen) atoms. The van der Waals surface area contributed by atoms with Gasteiger partial charge in [-0.3, -0.25) is 9.59 Å². The fraction of sp³-hybridized carbons (Fsp3) is 0.429. The maximum Gasteiger partial charge on any atom is 0.311 e. The van der Waals surface area contributed by atoms with Crippen LogP contribution in [0.15, 0.2) is 18.2 Å². The number of hydrogen-bond acceptors (Lipinski definition) is 3. The maximum atomic E-state index is 12.0. The van der Waals surface area contributed by atoms with Crippen LogP contribution < -0.4 is 5.32 Å². The molecule has 0 saturated heterocycles. The van der Waals surface area contributed by atoms with Gasteiger partial charge >= 0.3 is 5.97 Å². The molecule has 1 aliphatic rings. The van der Waals surface area contributed by atoms with Gasteiger partial charge in [-0.05, 0) is 31.9 Å². The van der Waals surface area contributed by atoms with Crippen LogP contribution in [0.2, 0.25) is 0 Å². The number of aryl methyl sites for hydroxylation is 1. The van der Waals surface area contributed by atoms with Crippen LogP contribution in [-0.4, -0.2) is 28.6 Å². The second kappa shape index (κ2) is 4.91. The maximum absolute atomic E-state index is 12.0. The first-order chi connectivity index (χ1) is 8.94. The average Bonchev–Trinajstić information content (AvgIpc) is 2.30. The predicted octanol–water partition coefficient (Wildman–Crippen LogP) is 1.69. The van der Waals surface area contributed by atoms with E-state index in [0.717, 1.165) is 12.0 Å². The summed E-state index contributed by atoms with van der Waals surface area (Å²) in [5, 5.41) is 21.4. The van der Waals surface area contributed by atoms with Crippen molar-refractivity contribution in [1.82, 2.24) is 5.32 Å². The van der Waals surface area contributed by atoms with Gasteiger partial charge in [0, 0.05) is 6.54 Å². The lowest BCUT2D eigenvalue weighted by Crippen LogP contribution is -2.47. The third kappa shape index (κ3) is 2.54. The summed E-state index contributed by atoms with van der Waals surface area (Å²) in [7, 11) is 0. The molecule has 1 aromatic carbocycles. The van der Waals surface area contributed by atoms with Gasteiger partial charge in [0.2, 0.25) is 0 Å². The second-order valence-electron chi connectivity index (χ2n) is 5.14. The number of carbonyl (C=O) groups excluding carboxylic acids is 1. The van der Waals surface area contributed by atoms with Crippen LogP contribution in [-0.2, 0) is 4.79 Å². The highest BCUT2D eigenvalue weighted by molar-refractivity contribution is 5.97. The van der Waals surface area contributed by atoms with Gasteiger partial charge in [-0.25, -0.2) is 0 Å². The van der Waals surface area contributed by atoms with E-state index in [-0.39, 0.29) is 17.9 Å². The third-order valence-corrected chi connectivity index (χ3v) is 3.75. The number of aliphatic carboxylic acids is 1. The Labute approximate surface area is 111 Å². The van der Waals surface area contributed by atoms with Gasteiger partial charge in [-0.2, -0.15) is 0 Å². The van der Waals surface area contributed by atoms with Gasteiger partial charge in [-0.15, -0.1) is 0 Å². The monoisotopic (exact) mass is 263 g/mol. The normalized spacial score (nSPS) is 16.5. The molecule has 2 rings (SSSR count). The van der Waals surface area contributed by atoms with Crippen molar-refractivity contribution in [3.05, 3.63) is 29.3 Å². The van der Waals surface area contributed by atoms with E-state index in [1.54, 1.807) is 12.1 Å². The lowest BCUT2D eigenvalue weighted by atomic mass is 9.69. The molecule has 0 radical (unpaired) electrons. The highest BCUT2D eigenvalue weighted by Gasteiger charge is 2.44. The number of benzene rings is 1.